The fourth-order valence-electron chi connectivity index (χ4n) is 17.0. The van der Waals surface area contributed by atoms with Gasteiger partial charge in [-0.05, 0) is 190 Å². The van der Waals surface area contributed by atoms with Crippen molar-refractivity contribution < 1.29 is 47.7 Å². The SMILES string of the molecule is C.CO[C@@H]1CC[C@@]2(C)[C@H](CC(=O)[C@@H]3[C@@H]2CC[C@]2(C)[C@@H]([C@H](C)C(C)=O)CC[C@@H]32)C1.C[C@H](CCC(=O)O)[C@H]1CC[C@H]2[C@@H]3[C@H](O)C[C@@H]4C[C@H](O)CC[C@]4(C)[C@H]3CC[C@]12C.I[I-]I. The predicted molar refractivity (Wildman–Crippen MR) is 250 cm³/mol. The van der Waals surface area contributed by atoms with Gasteiger partial charge in [-0.15, -0.1) is 0 Å². The summed E-state index contributed by atoms with van der Waals surface area (Å²) in [6, 6.07) is 0. The molecule has 0 aliphatic heterocycles. The first-order chi connectivity index (χ1) is 27.3. The fourth-order valence-corrected chi connectivity index (χ4v) is 17.0. The molecule has 342 valence electrons. The Labute approximate surface area is 388 Å². The van der Waals surface area contributed by atoms with E-state index in [-0.39, 0.29) is 54.1 Å². The van der Waals surface area contributed by atoms with Gasteiger partial charge in [-0.25, -0.2) is 0 Å². The van der Waals surface area contributed by atoms with E-state index in [0.717, 1.165) is 64.2 Å². The van der Waals surface area contributed by atoms with Gasteiger partial charge in [0.05, 0.1) is 18.3 Å². The zero-order valence-electron chi connectivity index (χ0n) is 37.0. The Balaban J connectivity index is 0.000000207. The van der Waals surface area contributed by atoms with Gasteiger partial charge in [0, 0.05) is 31.8 Å². The molecule has 0 unspecified atom stereocenters. The predicted octanol–water partition coefficient (Wildman–Crippen LogP) is 8.95. The van der Waals surface area contributed by atoms with Crippen LogP contribution in [0.2, 0.25) is 0 Å². The Morgan fingerprint density at radius 1 is 0.763 bits per heavy atom. The number of ether oxygens (including phenoxy) is 1. The van der Waals surface area contributed by atoms with Crippen molar-refractivity contribution in [1.82, 2.24) is 0 Å². The molecule has 0 aromatic carbocycles. The van der Waals surface area contributed by atoms with Crippen molar-refractivity contribution in [2.45, 2.75) is 190 Å². The van der Waals surface area contributed by atoms with Gasteiger partial charge in [-0.3, -0.25) is 14.4 Å². The van der Waals surface area contributed by atoms with Gasteiger partial charge >= 0.3 is 56.5 Å². The van der Waals surface area contributed by atoms with Crippen molar-refractivity contribution in [2.24, 2.45) is 92.7 Å². The number of aliphatic hydroxyl groups excluding tert-OH is 2. The summed E-state index contributed by atoms with van der Waals surface area (Å²) in [5, 5.41) is 30.5. The molecule has 0 heterocycles. The molecule has 8 saturated carbocycles. The molecule has 59 heavy (non-hydrogen) atoms. The van der Waals surface area contributed by atoms with Gasteiger partial charge in [-0.2, -0.15) is 0 Å². The number of carbonyl (C=O) groups is 3. The van der Waals surface area contributed by atoms with E-state index in [1.165, 1.54) is 44.9 Å². The van der Waals surface area contributed by atoms with Crippen molar-refractivity contribution in [2.75, 3.05) is 7.11 Å². The first-order valence-electron chi connectivity index (χ1n) is 23.3. The Bertz CT molecular complexity index is 1480. The van der Waals surface area contributed by atoms with Crippen LogP contribution in [0.5, 0.6) is 0 Å². The van der Waals surface area contributed by atoms with Gasteiger partial charge in [0.15, 0.2) is 0 Å². The maximum atomic E-state index is 13.4. The molecule has 8 aliphatic rings. The molecule has 0 amide bonds. The summed E-state index contributed by atoms with van der Waals surface area (Å²) in [5.74, 6) is 5.60. The van der Waals surface area contributed by atoms with Crippen LogP contribution in [0, 0.1) is 92.7 Å². The summed E-state index contributed by atoms with van der Waals surface area (Å²) in [6.45, 7) is 15.9. The number of ketones is 2. The third-order valence-electron chi connectivity index (χ3n) is 20.3. The summed E-state index contributed by atoms with van der Waals surface area (Å²) in [4.78, 5) is 36.6. The van der Waals surface area contributed by atoms with E-state index in [0.29, 0.717) is 95.5 Å². The molecule has 0 aromatic heterocycles. The third kappa shape index (κ3) is 9.46. The zero-order chi connectivity index (χ0) is 42.5. The van der Waals surface area contributed by atoms with Gasteiger partial charge in [0.25, 0.3) is 0 Å². The van der Waals surface area contributed by atoms with Crippen molar-refractivity contribution in [3.63, 3.8) is 0 Å². The van der Waals surface area contributed by atoms with Crippen LogP contribution in [-0.4, -0.2) is 58.3 Å². The minimum atomic E-state index is -0.684. The Hall–Kier alpha value is 0.880. The molecule has 8 fully saturated rings. The maximum absolute atomic E-state index is 13.4. The molecule has 10 heteroatoms. The van der Waals surface area contributed by atoms with Crippen LogP contribution in [-0.2, 0) is 19.1 Å². The second kappa shape index (κ2) is 20.2. The molecule has 0 saturated heterocycles. The monoisotopic (exact) mass is 1160 g/mol. The third-order valence-corrected chi connectivity index (χ3v) is 20.3. The number of Topliss-reactive ketones (excluding diaryl/α,β-unsaturated/α-hetero) is 2. The van der Waals surface area contributed by atoms with E-state index >= 15 is 0 Å². The summed E-state index contributed by atoms with van der Waals surface area (Å²) >= 11 is 5.30. The number of carbonyl (C=O) groups excluding carboxylic acids is 2. The summed E-state index contributed by atoms with van der Waals surface area (Å²) in [5.41, 5.74) is 1.00. The first kappa shape index (κ1) is 50.9. The fraction of sp³-hybridized carbons (Fsp3) is 0.939. The molecule has 0 bridgehead atoms. The van der Waals surface area contributed by atoms with Crippen molar-refractivity contribution in [3.05, 3.63) is 0 Å². The van der Waals surface area contributed by atoms with Gasteiger partial charge in [0.1, 0.15) is 11.6 Å². The zero-order valence-corrected chi connectivity index (χ0v) is 43.5. The number of carboxylic acids is 1. The summed E-state index contributed by atoms with van der Waals surface area (Å²) < 4.78 is 5.66. The van der Waals surface area contributed by atoms with Crippen LogP contribution < -0.4 is 13.3 Å². The molecule has 0 radical (unpaired) electrons. The van der Waals surface area contributed by atoms with Crippen LogP contribution >= 0.6 is 37.2 Å². The van der Waals surface area contributed by atoms with Crippen molar-refractivity contribution >= 4 is 54.8 Å². The second-order valence-electron chi connectivity index (χ2n) is 22.3. The van der Waals surface area contributed by atoms with Gasteiger partial charge in [0.2, 0.25) is 0 Å². The number of hydrogen-bond donors (Lipinski definition) is 3. The average Bonchev–Trinajstić information content (AvgIpc) is 3.71. The number of aliphatic hydroxyl groups is 2. The van der Waals surface area contributed by atoms with Crippen molar-refractivity contribution in [3.8, 4) is 0 Å². The molecule has 3 N–H and O–H groups in total. The van der Waals surface area contributed by atoms with E-state index in [1.807, 2.05) is 7.11 Å². The summed E-state index contributed by atoms with van der Waals surface area (Å²) in [6.07, 6.45) is 18.4. The molecule has 19 atom stereocenters. The Kier molecular flexibility index (Phi) is 17.4. The Morgan fingerprint density at radius 2 is 1.29 bits per heavy atom. The number of rotatable bonds is 7. The van der Waals surface area contributed by atoms with Crippen LogP contribution in [0.25, 0.3) is 0 Å². The molecular formula is C49H82I3O7-. The number of carboxylic acid groups (broad SMARTS) is 1. The molecule has 0 spiro atoms. The number of methoxy groups -OCH3 is 1. The summed E-state index contributed by atoms with van der Waals surface area (Å²) in [7, 11) is 1.82. The van der Waals surface area contributed by atoms with Gasteiger partial charge < -0.3 is 20.1 Å². The number of halogens is 3. The number of hydrogen-bond acceptors (Lipinski definition) is 6. The van der Waals surface area contributed by atoms with E-state index in [9.17, 15) is 24.6 Å². The van der Waals surface area contributed by atoms with Crippen LogP contribution in [0.15, 0.2) is 0 Å². The van der Waals surface area contributed by atoms with E-state index in [2.05, 4.69) is 78.8 Å². The number of aliphatic carboxylic acids is 1. The molecule has 8 aliphatic carbocycles. The van der Waals surface area contributed by atoms with Crippen LogP contribution in [0.1, 0.15) is 171 Å². The molecule has 0 aromatic rings. The molecule has 7 nitrogen and oxygen atoms in total. The Morgan fingerprint density at radius 3 is 1.92 bits per heavy atom. The molecule has 8 rings (SSSR count). The standard InChI is InChI=1S/C24H40O4.C24H38O3.CH4.I3/c1-14(4-7-21(27)28)17-5-6-18-22-19(9-11-24(17,18)3)23(2)10-8-16(25)12-15(23)13-20(22)26;1-14(15(2)25)18-6-7-19-22-20(9-11-24(18,19)4)23(3)10-8-17(27-5)12-16(23)13-21(22)26;;1-3-2/h14-20,22,25-26H,4-13H2,1-3H3,(H,27,28);14,16-20,22H,6-13H2,1-5H3;1H4;/q;;;-1/t14-,15+,16-,17-,18+,19+,20-,22+,23+,24-;14-,16+,17-,18-,19+,20+,22+,23+,24-;;/m11../s1. The molecular weight excluding hydrogens is 1080 g/mol. The van der Waals surface area contributed by atoms with E-state index < -0.39 is 5.97 Å². The van der Waals surface area contributed by atoms with Crippen LogP contribution in [0.4, 0.5) is 0 Å². The second-order valence-corrected chi connectivity index (χ2v) is 38.5. The average molecular weight is 1160 g/mol. The normalized spacial score (nSPS) is 48.0. The van der Waals surface area contributed by atoms with Crippen LogP contribution in [0.3, 0.4) is 0 Å². The van der Waals surface area contributed by atoms with E-state index in [4.69, 9.17) is 9.84 Å². The minimum absolute atomic E-state index is 0. The van der Waals surface area contributed by atoms with Gasteiger partial charge in [-0.1, -0.05) is 49.0 Å². The first-order valence-corrected chi connectivity index (χ1v) is 35.9. The quantitative estimate of drug-likeness (QED) is 0.218. The van der Waals surface area contributed by atoms with E-state index in [1.54, 1.807) is 6.92 Å². The number of fused-ring (bicyclic) bond motifs is 10. The topological polar surface area (TPSA) is 121 Å². The van der Waals surface area contributed by atoms with Crippen molar-refractivity contribution in [1.29, 1.82) is 0 Å².